The number of carbonyl (C=O) groups is 1. The lowest BCUT2D eigenvalue weighted by atomic mass is 10.2. The second kappa shape index (κ2) is 4.83. The van der Waals surface area contributed by atoms with Crippen LogP contribution in [0.2, 0.25) is 0 Å². The van der Waals surface area contributed by atoms with Crippen LogP contribution >= 0.6 is 0 Å². The van der Waals surface area contributed by atoms with Crippen molar-refractivity contribution in [2.75, 3.05) is 19.7 Å². The van der Waals surface area contributed by atoms with E-state index in [1.807, 2.05) is 6.08 Å². The summed E-state index contributed by atoms with van der Waals surface area (Å²) in [6, 6.07) is -0.285. The molecule has 102 valence electrons. The molecular formula is C13H13N5O2. The van der Waals surface area contributed by atoms with Crippen LogP contribution in [0.4, 0.5) is 10.5 Å². The Labute approximate surface area is 116 Å². The van der Waals surface area contributed by atoms with Crippen LogP contribution in [0.5, 0.6) is 0 Å². The van der Waals surface area contributed by atoms with E-state index < -0.39 is 0 Å². The standard InChI is InChI=1S/C13H13N5O2/c1-3-4-20-18-12-5-11(8-16(9-12)13(18)19)17-7-10(14-2)6-15-17/h3,5-7,12H,1,4,8-9H2. The van der Waals surface area contributed by atoms with Crippen LogP contribution in [0.1, 0.15) is 0 Å². The number of amides is 2. The molecule has 0 aliphatic carbocycles. The zero-order valence-electron chi connectivity index (χ0n) is 10.8. The summed E-state index contributed by atoms with van der Waals surface area (Å²) in [6.07, 6.45) is 6.72. The molecule has 1 unspecified atom stereocenters. The van der Waals surface area contributed by atoms with Crippen LogP contribution in [0.25, 0.3) is 10.5 Å². The van der Waals surface area contributed by atoms with Gasteiger partial charge in [-0.3, -0.25) is 9.52 Å². The molecule has 1 aromatic rings. The van der Waals surface area contributed by atoms with E-state index in [4.69, 9.17) is 11.4 Å². The Balaban J connectivity index is 1.84. The fraction of sp³-hybridized carbons (Fsp3) is 0.308. The molecule has 2 amide bonds. The molecule has 3 rings (SSSR count). The van der Waals surface area contributed by atoms with Crippen molar-refractivity contribution >= 4 is 17.4 Å². The van der Waals surface area contributed by atoms with Gasteiger partial charge in [-0.05, 0) is 6.08 Å². The molecule has 2 aliphatic rings. The number of aromatic nitrogens is 2. The molecule has 3 heterocycles. The van der Waals surface area contributed by atoms with Crippen LogP contribution in [0.3, 0.4) is 0 Å². The van der Waals surface area contributed by atoms with Gasteiger partial charge in [-0.15, -0.1) is 6.58 Å². The van der Waals surface area contributed by atoms with Crippen LogP contribution in [0, 0.1) is 6.57 Å². The number of urea groups is 1. The molecule has 1 aromatic heterocycles. The number of hydroxylamine groups is 2. The first-order chi connectivity index (χ1) is 9.72. The summed E-state index contributed by atoms with van der Waals surface area (Å²) in [6.45, 7) is 11.9. The fourth-order valence-corrected chi connectivity index (χ4v) is 2.34. The van der Waals surface area contributed by atoms with Crippen molar-refractivity contribution in [2.24, 2.45) is 0 Å². The van der Waals surface area contributed by atoms with Gasteiger partial charge in [-0.2, -0.15) is 10.2 Å². The third-order valence-electron chi connectivity index (χ3n) is 3.23. The lowest BCUT2D eigenvalue weighted by molar-refractivity contribution is -0.107. The van der Waals surface area contributed by atoms with E-state index in [2.05, 4.69) is 16.5 Å². The largest absolute Gasteiger partial charge is 0.345 e. The third-order valence-corrected chi connectivity index (χ3v) is 3.23. The van der Waals surface area contributed by atoms with E-state index in [0.29, 0.717) is 25.4 Å². The predicted octanol–water partition coefficient (Wildman–Crippen LogP) is 1.51. The highest BCUT2D eigenvalue weighted by atomic mass is 16.7. The van der Waals surface area contributed by atoms with Gasteiger partial charge in [-0.1, -0.05) is 6.08 Å². The minimum absolute atomic E-state index is 0.133. The third kappa shape index (κ3) is 1.96. The van der Waals surface area contributed by atoms with Gasteiger partial charge in [0.15, 0.2) is 0 Å². The highest BCUT2D eigenvalue weighted by Crippen LogP contribution is 2.27. The maximum absolute atomic E-state index is 12.1. The smallest absolute Gasteiger partial charge is 0.314 e. The number of hydrogen-bond acceptors (Lipinski definition) is 3. The SMILES string of the molecule is [C-]#[N+]c1cnn(C2=CC3CN(C2)C(=O)N3OCC=C)c1. The summed E-state index contributed by atoms with van der Waals surface area (Å²) in [5.41, 5.74) is 1.35. The second-order valence-corrected chi connectivity index (χ2v) is 4.55. The lowest BCUT2D eigenvalue weighted by Gasteiger charge is -2.21. The molecule has 2 aliphatic heterocycles. The quantitative estimate of drug-likeness (QED) is 0.616. The Bertz CT molecular complexity index is 627. The Kier molecular flexibility index (Phi) is 3.00. The molecule has 0 N–H and O–H groups in total. The summed E-state index contributed by atoms with van der Waals surface area (Å²) in [5, 5.41) is 5.51. The van der Waals surface area contributed by atoms with Crippen molar-refractivity contribution in [3.8, 4) is 0 Å². The van der Waals surface area contributed by atoms with Crippen molar-refractivity contribution in [3.05, 3.63) is 42.5 Å². The summed E-state index contributed by atoms with van der Waals surface area (Å²) in [4.78, 5) is 22.5. The molecule has 0 aromatic carbocycles. The highest BCUT2D eigenvalue weighted by molar-refractivity contribution is 5.80. The summed E-state index contributed by atoms with van der Waals surface area (Å²) in [5.74, 6) is 0. The summed E-state index contributed by atoms with van der Waals surface area (Å²) in [7, 11) is 0. The number of fused-ring (bicyclic) bond motifs is 2. The van der Waals surface area contributed by atoms with Gasteiger partial charge in [-0.25, -0.2) is 9.64 Å². The van der Waals surface area contributed by atoms with Crippen molar-refractivity contribution in [2.45, 2.75) is 6.04 Å². The maximum atomic E-state index is 12.1. The monoisotopic (exact) mass is 271 g/mol. The van der Waals surface area contributed by atoms with Crippen molar-refractivity contribution in [1.82, 2.24) is 19.7 Å². The van der Waals surface area contributed by atoms with Crippen LogP contribution in [0.15, 0.2) is 31.1 Å². The average molecular weight is 271 g/mol. The number of nitrogens with zero attached hydrogens (tertiary/aromatic N) is 5. The molecule has 0 radical (unpaired) electrons. The fourth-order valence-electron chi connectivity index (χ4n) is 2.34. The first kappa shape index (κ1) is 12.4. The van der Waals surface area contributed by atoms with E-state index in [1.54, 1.807) is 21.9 Å². The molecule has 1 atom stereocenters. The van der Waals surface area contributed by atoms with E-state index in [0.717, 1.165) is 5.70 Å². The van der Waals surface area contributed by atoms with Crippen LogP contribution in [-0.2, 0) is 4.84 Å². The van der Waals surface area contributed by atoms with E-state index >= 15 is 0 Å². The number of carbonyl (C=O) groups excluding carboxylic acids is 1. The van der Waals surface area contributed by atoms with Gasteiger partial charge >= 0.3 is 6.03 Å². The minimum Gasteiger partial charge on any atom is -0.314 e. The van der Waals surface area contributed by atoms with Gasteiger partial charge in [0.05, 0.1) is 37.7 Å². The van der Waals surface area contributed by atoms with Gasteiger partial charge in [0.25, 0.3) is 0 Å². The zero-order valence-corrected chi connectivity index (χ0v) is 10.8. The first-order valence-corrected chi connectivity index (χ1v) is 6.18. The number of hydrogen-bond donors (Lipinski definition) is 0. The first-order valence-electron chi connectivity index (χ1n) is 6.18. The number of rotatable bonds is 4. The Hall–Kier alpha value is -2.59. The molecule has 20 heavy (non-hydrogen) atoms. The molecular weight excluding hydrogens is 258 g/mol. The Morgan fingerprint density at radius 3 is 3.20 bits per heavy atom. The predicted molar refractivity (Wildman–Crippen MR) is 71.5 cm³/mol. The molecule has 7 nitrogen and oxygen atoms in total. The highest BCUT2D eigenvalue weighted by Gasteiger charge is 2.41. The molecule has 1 saturated heterocycles. The zero-order chi connectivity index (χ0) is 14.1. The van der Waals surface area contributed by atoms with Gasteiger partial charge < -0.3 is 4.90 Å². The molecule has 0 spiro atoms. The van der Waals surface area contributed by atoms with Gasteiger partial charge in [0, 0.05) is 12.7 Å². The average Bonchev–Trinajstić information content (AvgIpc) is 3.03. The van der Waals surface area contributed by atoms with E-state index in [-0.39, 0.29) is 12.1 Å². The topological polar surface area (TPSA) is 55.0 Å². The second-order valence-electron chi connectivity index (χ2n) is 4.55. The van der Waals surface area contributed by atoms with Crippen molar-refractivity contribution in [3.63, 3.8) is 0 Å². The Morgan fingerprint density at radius 1 is 1.65 bits per heavy atom. The minimum atomic E-state index is -0.152. The maximum Gasteiger partial charge on any atom is 0.345 e. The van der Waals surface area contributed by atoms with E-state index in [9.17, 15) is 4.79 Å². The summed E-state index contributed by atoms with van der Waals surface area (Å²) < 4.78 is 1.64. The summed E-state index contributed by atoms with van der Waals surface area (Å²) >= 11 is 0. The molecule has 1 fully saturated rings. The van der Waals surface area contributed by atoms with Crippen molar-refractivity contribution < 1.29 is 9.63 Å². The molecule has 7 heteroatoms. The van der Waals surface area contributed by atoms with Crippen molar-refractivity contribution in [1.29, 1.82) is 0 Å². The van der Waals surface area contributed by atoms with Gasteiger partial charge in [0.1, 0.15) is 0 Å². The molecule has 0 saturated carbocycles. The molecule has 2 bridgehead atoms. The van der Waals surface area contributed by atoms with E-state index in [1.165, 1.54) is 11.3 Å². The van der Waals surface area contributed by atoms with Crippen LogP contribution < -0.4 is 0 Å². The van der Waals surface area contributed by atoms with Crippen LogP contribution in [-0.4, -0.2) is 51.5 Å². The Morgan fingerprint density at radius 2 is 2.50 bits per heavy atom. The normalized spacial score (nSPS) is 20.9. The lowest BCUT2D eigenvalue weighted by Crippen LogP contribution is -2.33. The van der Waals surface area contributed by atoms with Gasteiger partial charge in [0.2, 0.25) is 5.69 Å².